The number of benzene rings is 2. The van der Waals surface area contributed by atoms with E-state index in [1.54, 1.807) is 13.3 Å². The molecule has 4 nitrogen and oxygen atoms in total. The number of aromatic nitrogens is 1. The van der Waals surface area contributed by atoms with E-state index in [0.717, 1.165) is 22.3 Å². The van der Waals surface area contributed by atoms with Gasteiger partial charge < -0.3 is 15.4 Å². The molecule has 1 aromatic heterocycles. The number of anilines is 1. The first kappa shape index (κ1) is 16.2. The average molecular weight is 337 g/mol. The standard InChI is InChI=1S/C19H19N3OS/c1-13(14-7-4-3-5-8-14)21-19(24)22-16-10-11-17(23-2)18-15(16)9-6-12-20-18/h3-13H,1-2H3,(H2,21,22,24)/t13-/m0/s1. The van der Waals surface area contributed by atoms with Gasteiger partial charge in [-0.25, -0.2) is 0 Å². The summed E-state index contributed by atoms with van der Waals surface area (Å²) in [6.07, 6.45) is 1.75. The highest BCUT2D eigenvalue weighted by atomic mass is 32.1. The zero-order chi connectivity index (χ0) is 16.9. The van der Waals surface area contributed by atoms with E-state index in [-0.39, 0.29) is 6.04 Å². The Morgan fingerprint density at radius 2 is 1.88 bits per heavy atom. The minimum atomic E-state index is 0.119. The van der Waals surface area contributed by atoms with E-state index in [0.29, 0.717) is 5.11 Å². The van der Waals surface area contributed by atoms with Crippen molar-refractivity contribution in [2.45, 2.75) is 13.0 Å². The van der Waals surface area contributed by atoms with Crippen LogP contribution in [0.2, 0.25) is 0 Å². The lowest BCUT2D eigenvalue weighted by atomic mass is 10.1. The Balaban J connectivity index is 1.79. The molecular formula is C19H19N3OS. The summed E-state index contributed by atoms with van der Waals surface area (Å²) in [5, 5.41) is 8.11. The van der Waals surface area contributed by atoms with Gasteiger partial charge in [0.05, 0.1) is 13.2 Å². The lowest BCUT2D eigenvalue weighted by molar-refractivity contribution is 0.419. The summed E-state index contributed by atoms with van der Waals surface area (Å²) in [4.78, 5) is 4.40. The second kappa shape index (κ2) is 7.27. The fourth-order valence-corrected chi connectivity index (χ4v) is 2.89. The number of pyridine rings is 1. The third-order valence-corrected chi connectivity index (χ3v) is 4.07. The number of methoxy groups -OCH3 is 1. The van der Waals surface area contributed by atoms with Crippen LogP contribution in [-0.4, -0.2) is 17.2 Å². The van der Waals surface area contributed by atoms with Crippen LogP contribution in [-0.2, 0) is 0 Å². The first-order valence-electron chi connectivity index (χ1n) is 7.73. The van der Waals surface area contributed by atoms with Crippen LogP contribution >= 0.6 is 12.2 Å². The summed E-state index contributed by atoms with van der Waals surface area (Å²) >= 11 is 5.46. The SMILES string of the molecule is COc1ccc(NC(=S)N[C@@H](C)c2ccccc2)c2cccnc12. The first-order valence-corrected chi connectivity index (χ1v) is 8.14. The smallest absolute Gasteiger partial charge is 0.171 e. The monoisotopic (exact) mass is 337 g/mol. The predicted molar refractivity (Wildman–Crippen MR) is 103 cm³/mol. The molecule has 24 heavy (non-hydrogen) atoms. The summed E-state index contributed by atoms with van der Waals surface area (Å²) in [5.41, 5.74) is 2.89. The molecule has 3 rings (SSSR count). The number of fused-ring (bicyclic) bond motifs is 1. The molecule has 122 valence electrons. The number of nitrogens with one attached hydrogen (secondary N) is 2. The van der Waals surface area contributed by atoms with Crippen molar-refractivity contribution in [1.29, 1.82) is 0 Å². The molecular weight excluding hydrogens is 318 g/mol. The lowest BCUT2D eigenvalue weighted by Gasteiger charge is -2.18. The molecule has 0 saturated heterocycles. The summed E-state index contributed by atoms with van der Waals surface area (Å²) in [5.74, 6) is 0.743. The summed E-state index contributed by atoms with van der Waals surface area (Å²) in [6, 6.07) is 18.0. The highest BCUT2D eigenvalue weighted by molar-refractivity contribution is 7.80. The second-order valence-corrected chi connectivity index (χ2v) is 5.85. The van der Waals surface area contributed by atoms with Crippen molar-refractivity contribution >= 4 is 33.9 Å². The summed E-state index contributed by atoms with van der Waals surface area (Å²) in [6.45, 7) is 2.08. The van der Waals surface area contributed by atoms with E-state index in [9.17, 15) is 0 Å². The van der Waals surface area contributed by atoms with E-state index in [4.69, 9.17) is 17.0 Å². The van der Waals surface area contributed by atoms with Crippen molar-refractivity contribution in [3.05, 3.63) is 66.4 Å². The van der Waals surface area contributed by atoms with Gasteiger partial charge in [-0.2, -0.15) is 0 Å². The second-order valence-electron chi connectivity index (χ2n) is 5.45. The molecule has 0 aliphatic heterocycles. The van der Waals surface area contributed by atoms with Gasteiger partial charge in [-0.3, -0.25) is 4.98 Å². The Morgan fingerprint density at radius 3 is 2.62 bits per heavy atom. The van der Waals surface area contributed by atoms with Crippen LogP contribution < -0.4 is 15.4 Å². The number of hydrogen-bond donors (Lipinski definition) is 2. The number of rotatable bonds is 4. The highest BCUT2D eigenvalue weighted by Crippen LogP contribution is 2.29. The Labute approximate surface area is 146 Å². The van der Waals surface area contributed by atoms with Crippen LogP contribution in [0.5, 0.6) is 5.75 Å². The molecule has 0 aliphatic rings. The number of nitrogens with zero attached hydrogens (tertiary/aromatic N) is 1. The third-order valence-electron chi connectivity index (χ3n) is 3.85. The molecule has 0 radical (unpaired) electrons. The maximum Gasteiger partial charge on any atom is 0.171 e. The lowest BCUT2D eigenvalue weighted by Crippen LogP contribution is -2.30. The molecule has 0 bridgehead atoms. The van der Waals surface area contributed by atoms with Gasteiger partial charge in [-0.1, -0.05) is 30.3 Å². The minimum absolute atomic E-state index is 0.119. The Bertz CT molecular complexity index is 852. The van der Waals surface area contributed by atoms with Gasteiger partial charge in [0, 0.05) is 17.3 Å². The van der Waals surface area contributed by atoms with Crippen molar-refractivity contribution in [3.8, 4) is 5.75 Å². The van der Waals surface area contributed by atoms with Crippen molar-refractivity contribution in [1.82, 2.24) is 10.3 Å². The highest BCUT2D eigenvalue weighted by Gasteiger charge is 2.10. The number of thiocarbonyl (C=S) groups is 1. The van der Waals surface area contributed by atoms with Crippen LogP contribution in [0.4, 0.5) is 5.69 Å². The van der Waals surface area contributed by atoms with Crippen LogP contribution in [0.1, 0.15) is 18.5 Å². The zero-order valence-corrected chi connectivity index (χ0v) is 14.4. The van der Waals surface area contributed by atoms with E-state index in [2.05, 4.69) is 34.7 Å². The van der Waals surface area contributed by atoms with Gasteiger partial charge in [-0.15, -0.1) is 0 Å². The quantitative estimate of drug-likeness (QED) is 0.695. The topological polar surface area (TPSA) is 46.2 Å². The molecule has 0 saturated carbocycles. The van der Waals surface area contributed by atoms with E-state index >= 15 is 0 Å². The minimum Gasteiger partial charge on any atom is -0.494 e. The molecule has 1 atom stereocenters. The van der Waals surface area contributed by atoms with Gasteiger partial charge >= 0.3 is 0 Å². The number of hydrogen-bond acceptors (Lipinski definition) is 3. The van der Waals surface area contributed by atoms with Crippen LogP contribution in [0.25, 0.3) is 10.9 Å². The van der Waals surface area contributed by atoms with Crippen molar-refractivity contribution < 1.29 is 4.74 Å². The van der Waals surface area contributed by atoms with Gasteiger partial charge in [-0.05, 0) is 49.0 Å². The average Bonchev–Trinajstić information content (AvgIpc) is 2.62. The largest absolute Gasteiger partial charge is 0.494 e. The van der Waals surface area contributed by atoms with Gasteiger partial charge in [0.25, 0.3) is 0 Å². The maximum atomic E-state index is 5.46. The Hall–Kier alpha value is -2.66. The van der Waals surface area contributed by atoms with Crippen LogP contribution in [0.15, 0.2) is 60.8 Å². The number of ether oxygens (including phenoxy) is 1. The fraction of sp³-hybridized carbons (Fsp3) is 0.158. The van der Waals surface area contributed by atoms with Gasteiger partial charge in [0.1, 0.15) is 11.3 Å². The molecule has 2 N–H and O–H groups in total. The molecule has 1 heterocycles. The fourth-order valence-electron chi connectivity index (χ4n) is 2.60. The Kier molecular flexibility index (Phi) is 4.91. The Morgan fingerprint density at radius 1 is 1.08 bits per heavy atom. The summed E-state index contributed by atoms with van der Waals surface area (Å²) < 4.78 is 5.37. The van der Waals surface area contributed by atoms with E-state index in [1.807, 2.05) is 42.5 Å². The molecule has 0 amide bonds. The van der Waals surface area contributed by atoms with Crippen LogP contribution in [0, 0.1) is 0 Å². The first-order chi connectivity index (χ1) is 11.7. The van der Waals surface area contributed by atoms with Gasteiger partial charge in [0.15, 0.2) is 5.11 Å². The van der Waals surface area contributed by atoms with Crippen LogP contribution in [0.3, 0.4) is 0 Å². The predicted octanol–water partition coefficient (Wildman–Crippen LogP) is 4.29. The van der Waals surface area contributed by atoms with Crippen molar-refractivity contribution in [3.63, 3.8) is 0 Å². The molecule has 2 aromatic carbocycles. The maximum absolute atomic E-state index is 5.46. The molecule has 3 aromatic rings. The van der Waals surface area contributed by atoms with Crippen molar-refractivity contribution in [2.75, 3.05) is 12.4 Å². The summed E-state index contributed by atoms with van der Waals surface area (Å²) in [7, 11) is 1.64. The molecule has 0 aliphatic carbocycles. The van der Waals surface area contributed by atoms with Crippen molar-refractivity contribution in [2.24, 2.45) is 0 Å². The zero-order valence-electron chi connectivity index (χ0n) is 13.6. The molecule has 0 unspecified atom stereocenters. The molecule has 0 spiro atoms. The molecule has 5 heteroatoms. The van der Waals surface area contributed by atoms with E-state index in [1.165, 1.54) is 5.56 Å². The van der Waals surface area contributed by atoms with Gasteiger partial charge in [0.2, 0.25) is 0 Å². The third kappa shape index (κ3) is 3.46. The molecule has 0 fully saturated rings. The normalized spacial score (nSPS) is 11.8. The van der Waals surface area contributed by atoms with E-state index < -0.39 is 0 Å².